The molecule has 0 saturated heterocycles. The lowest BCUT2D eigenvalue weighted by Crippen LogP contribution is -2.50. The molecule has 0 bridgehead atoms. The van der Waals surface area contributed by atoms with E-state index in [2.05, 4.69) is 25.9 Å². The van der Waals surface area contributed by atoms with Gasteiger partial charge >= 0.3 is 0 Å². The summed E-state index contributed by atoms with van der Waals surface area (Å²) in [6.45, 7) is 0.00750. The summed E-state index contributed by atoms with van der Waals surface area (Å²) >= 11 is 5.80. The highest BCUT2D eigenvalue weighted by Gasteiger charge is 2.46. The number of carbonyl (C=O) groups excluding carboxylic acids is 2. The first-order valence-corrected chi connectivity index (χ1v) is 14.7. The Bertz CT molecular complexity index is 1630. The van der Waals surface area contributed by atoms with E-state index in [1.165, 1.54) is 16.9 Å². The van der Waals surface area contributed by atoms with Crippen molar-refractivity contribution in [3.05, 3.63) is 57.2 Å². The second-order valence-electron chi connectivity index (χ2n) is 11.6. The maximum atomic E-state index is 15.0. The summed E-state index contributed by atoms with van der Waals surface area (Å²) in [7, 11) is 0. The molecular formula is C27H28ClF7N8O3. The van der Waals surface area contributed by atoms with Crippen LogP contribution in [0.5, 0.6) is 0 Å². The molecule has 2 aliphatic carbocycles. The van der Waals surface area contributed by atoms with E-state index in [-0.39, 0.29) is 48.6 Å². The van der Waals surface area contributed by atoms with Crippen molar-refractivity contribution in [1.82, 2.24) is 35.1 Å². The summed E-state index contributed by atoms with van der Waals surface area (Å²) in [5.41, 5.74) is -1.86. The lowest BCUT2D eigenvalue weighted by atomic mass is 9.81. The number of amides is 2. The Morgan fingerprint density at radius 3 is 2.48 bits per heavy atom. The predicted molar refractivity (Wildman–Crippen MR) is 147 cm³/mol. The second kappa shape index (κ2) is 13.0. The quantitative estimate of drug-likeness (QED) is 0.249. The zero-order valence-corrected chi connectivity index (χ0v) is 24.6. The van der Waals surface area contributed by atoms with Crippen LogP contribution in [-0.4, -0.2) is 65.9 Å². The van der Waals surface area contributed by atoms with Crippen molar-refractivity contribution in [2.45, 2.75) is 81.8 Å². The standard InChI is InChI=1S/C27H28ClF7N8O3/c28-19-7-15(23(44)40-39-19)18(8-20(29)30)43-12-16(22(31)41-43)37-25(46)21(14-1-4-26(32,33)5-2-14)38-24(45)17-3-6-36-42(17)11-13-9-27(34,35)10-13/h3,6-7,12-14,18,20-21H,1-2,4-5,8-11H2,(H,37,46)(H,38,45)(H,40,44)/t18-,21-/m0/s1. The molecule has 0 spiro atoms. The summed E-state index contributed by atoms with van der Waals surface area (Å²) in [4.78, 5) is 39.1. The molecule has 2 atom stereocenters. The van der Waals surface area contributed by atoms with Gasteiger partial charge in [-0.25, -0.2) is 31.4 Å². The molecule has 3 heterocycles. The fourth-order valence-electron chi connectivity index (χ4n) is 5.85. The second-order valence-corrected chi connectivity index (χ2v) is 12.0. The third-order valence-electron chi connectivity index (χ3n) is 8.18. The van der Waals surface area contributed by atoms with Crippen LogP contribution in [0.3, 0.4) is 0 Å². The van der Waals surface area contributed by atoms with Crippen LogP contribution in [0.15, 0.2) is 29.3 Å². The first kappa shape index (κ1) is 33.4. The van der Waals surface area contributed by atoms with E-state index in [4.69, 9.17) is 11.6 Å². The van der Waals surface area contributed by atoms with Gasteiger partial charge in [0.15, 0.2) is 0 Å². The molecule has 0 unspecified atom stereocenters. The van der Waals surface area contributed by atoms with Gasteiger partial charge in [0.1, 0.15) is 22.6 Å². The van der Waals surface area contributed by atoms with Crippen molar-refractivity contribution in [3.8, 4) is 0 Å². The molecule has 0 aliphatic heterocycles. The van der Waals surface area contributed by atoms with Gasteiger partial charge in [-0.05, 0) is 36.8 Å². The van der Waals surface area contributed by atoms with E-state index in [0.29, 0.717) is 4.68 Å². The average Bonchev–Trinajstić information content (AvgIpc) is 3.57. The van der Waals surface area contributed by atoms with E-state index in [1.54, 1.807) is 0 Å². The van der Waals surface area contributed by atoms with Crippen LogP contribution in [0.2, 0.25) is 5.15 Å². The maximum absolute atomic E-state index is 15.0. The van der Waals surface area contributed by atoms with Crippen molar-refractivity contribution in [1.29, 1.82) is 0 Å². The van der Waals surface area contributed by atoms with Gasteiger partial charge in [0.2, 0.25) is 24.2 Å². The van der Waals surface area contributed by atoms with Crippen LogP contribution in [0.4, 0.5) is 36.4 Å². The van der Waals surface area contributed by atoms with Gasteiger partial charge in [-0.15, -0.1) is 5.10 Å². The van der Waals surface area contributed by atoms with E-state index < -0.39 is 90.5 Å². The van der Waals surface area contributed by atoms with Gasteiger partial charge in [-0.2, -0.15) is 14.6 Å². The fraction of sp³-hybridized carbons (Fsp3) is 0.556. The molecule has 2 amide bonds. The van der Waals surface area contributed by atoms with Crippen LogP contribution in [0.25, 0.3) is 0 Å². The molecule has 46 heavy (non-hydrogen) atoms. The largest absolute Gasteiger partial charge is 0.339 e. The smallest absolute Gasteiger partial charge is 0.270 e. The van der Waals surface area contributed by atoms with Crippen LogP contribution in [-0.2, 0) is 11.3 Å². The zero-order valence-electron chi connectivity index (χ0n) is 23.8. The molecule has 19 heteroatoms. The normalized spacial score (nSPS) is 19.4. The van der Waals surface area contributed by atoms with E-state index in [9.17, 15) is 40.7 Å². The molecular weight excluding hydrogens is 653 g/mol. The van der Waals surface area contributed by atoms with Crippen molar-refractivity contribution < 1.29 is 40.3 Å². The van der Waals surface area contributed by atoms with E-state index in [1.807, 2.05) is 5.10 Å². The molecule has 3 N–H and O–H groups in total. The van der Waals surface area contributed by atoms with Gasteiger partial charge in [-0.3, -0.25) is 23.7 Å². The summed E-state index contributed by atoms with van der Waals surface area (Å²) < 4.78 is 98.4. The monoisotopic (exact) mass is 680 g/mol. The van der Waals surface area contributed by atoms with Crippen molar-refractivity contribution in [2.24, 2.45) is 11.8 Å². The highest BCUT2D eigenvalue weighted by molar-refractivity contribution is 6.29. The maximum Gasteiger partial charge on any atom is 0.270 e. The van der Waals surface area contributed by atoms with E-state index >= 15 is 4.39 Å². The Morgan fingerprint density at radius 1 is 1.13 bits per heavy atom. The highest BCUT2D eigenvalue weighted by Crippen LogP contribution is 2.43. The van der Waals surface area contributed by atoms with Crippen LogP contribution >= 0.6 is 11.6 Å². The fourth-order valence-corrected chi connectivity index (χ4v) is 6.01. The van der Waals surface area contributed by atoms with Crippen LogP contribution < -0.4 is 16.2 Å². The van der Waals surface area contributed by atoms with Gasteiger partial charge in [0.05, 0.1) is 12.2 Å². The number of nitrogens with one attached hydrogen (secondary N) is 3. The SMILES string of the molecule is O=C(N[C@H](C(=O)Nc1cn([C@@H](CC(F)F)c2cc(Cl)n[nH]c2=O)nc1F)C1CCC(F)(F)CC1)c1ccnn1CC1CC(F)(F)C1. The minimum absolute atomic E-state index is 0.00750. The number of aromatic amines is 1. The Balaban J connectivity index is 1.37. The number of H-pyrrole nitrogens is 1. The van der Waals surface area contributed by atoms with Gasteiger partial charge < -0.3 is 10.6 Å². The Morgan fingerprint density at radius 2 is 1.83 bits per heavy atom. The van der Waals surface area contributed by atoms with Gasteiger partial charge in [0.25, 0.3) is 17.4 Å². The van der Waals surface area contributed by atoms with Crippen molar-refractivity contribution in [2.75, 3.05) is 5.32 Å². The number of anilines is 1. The average molecular weight is 681 g/mol. The number of carbonyl (C=O) groups is 2. The molecule has 2 saturated carbocycles. The topological polar surface area (TPSA) is 140 Å². The molecule has 0 radical (unpaired) electrons. The minimum atomic E-state index is -2.98. The Kier molecular flexibility index (Phi) is 9.47. The number of hydrogen-bond donors (Lipinski definition) is 3. The molecule has 2 aliphatic rings. The molecule has 3 aromatic rings. The lowest BCUT2D eigenvalue weighted by molar-refractivity contribution is -0.121. The zero-order chi connectivity index (χ0) is 33.4. The highest BCUT2D eigenvalue weighted by atomic mass is 35.5. The lowest BCUT2D eigenvalue weighted by Gasteiger charge is -2.35. The summed E-state index contributed by atoms with van der Waals surface area (Å²) in [6.07, 6.45) is -4.08. The molecule has 2 fully saturated rings. The van der Waals surface area contributed by atoms with Crippen LogP contribution in [0.1, 0.15) is 67.0 Å². The number of rotatable bonds is 11. The molecule has 5 rings (SSSR count). The number of hydrogen-bond acceptors (Lipinski definition) is 6. The molecule has 250 valence electrons. The van der Waals surface area contributed by atoms with Crippen molar-refractivity contribution in [3.63, 3.8) is 0 Å². The number of nitrogens with zero attached hydrogens (tertiary/aromatic N) is 5. The summed E-state index contributed by atoms with van der Waals surface area (Å²) in [5, 5.41) is 17.6. The molecule has 0 aromatic carbocycles. The number of aromatic nitrogens is 6. The summed E-state index contributed by atoms with van der Waals surface area (Å²) in [6, 6.07) is -0.690. The summed E-state index contributed by atoms with van der Waals surface area (Å²) in [5.74, 6) is -10.2. The van der Waals surface area contributed by atoms with Gasteiger partial charge in [0, 0.05) is 50.4 Å². The van der Waals surface area contributed by atoms with Crippen LogP contribution in [0, 0.1) is 17.8 Å². The molecule has 11 nitrogen and oxygen atoms in total. The molecule has 3 aromatic heterocycles. The number of alkyl halides is 6. The van der Waals surface area contributed by atoms with Crippen molar-refractivity contribution >= 4 is 29.1 Å². The first-order chi connectivity index (χ1) is 21.6. The third-order valence-corrected chi connectivity index (χ3v) is 8.38. The predicted octanol–water partition coefficient (Wildman–Crippen LogP) is 4.81. The first-order valence-electron chi connectivity index (χ1n) is 14.3. The minimum Gasteiger partial charge on any atom is -0.339 e. The Labute approximate surface area is 260 Å². The third kappa shape index (κ3) is 7.70. The number of halogens is 8. The van der Waals surface area contributed by atoms with Gasteiger partial charge in [-0.1, -0.05) is 11.6 Å². The Hall–Kier alpha value is -3.96. The van der Waals surface area contributed by atoms with E-state index in [0.717, 1.165) is 12.3 Å².